The fourth-order valence-electron chi connectivity index (χ4n) is 2.73. The molecule has 2 heterocycles. The normalized spacial score (nSPS) is 22.7. The van der Waals surface area contributed by atoms with Gasteiger partial charge in [-0.1, -0.05) is 6.07 Å². The molecule has 2 aliphatic heterocycles. The van der Waals surface area contributed by atoms with E-state index in [4.69, 9.17) is 0 Å². The van der Waals surface area contributed by atoms with Crippen LogP contribution in [0.3, 0.4) is 0 Å². The molecule has 0 aliphatic carbocycles. The van der Waals surface area contributed by atoms with Crippen molar-refractivity contribution >= 4 is 27.3 Å². The van der Waals surface area contributed by atoms with Crippen LogP contribution in [-0.4, -0.2) is 38.3 Å². The quantitative estimate of drug-likeness (QED) is 0.842. The second-order valence-electron chi connectivity index (χ2n) is 5.58. The number of carbonyl (C=O) groups excluding carboxylic acids is 2. The number of hydrogen-bond donors (Lipinski definition) is 2. The summed E-state index contributed by atoms with van der Waals surface area (Å²) < 4.78 is 22.7. The fraction of sp³-hybridized carbons (Fsp3) is 0.429. The van der Waals surface area contributed by atoms with Gasteiger partial charge in [-0.15, -0.1) is 0 Å². The molecule has 0 radical (unpaired) electrons. The Morgan fingerprint density at radius 1 is 1.38 bits per heavy atom. The van der Waals surface area contributed by atoms with Gasteiger partial charge in [-0.3, -0.25) is 9.59 Å². The van der Waals surface area contributed by atoms with Gasteiger partial charge in [0, 0.05) is 17.8 Å². The van der Waals surface area contributed by atoms with Crippen molar-refractivity contribution in [2.24, 2.45) is 5.92 Å². The number of sulfone groups is 1. The van der Waals surface area contributed by atoms with E-state index in [9.17, 15) is 18.0 Å². The Balaban J connectivity index is 1.62. The summed E-state index contributed by atoms with van der Waals surface area (Å²) in [5, 5.41) is 5.47. The van der Waals surface area contributed by atoms with E-state index in [0.29, 0.717) is 30.6 Å². The first-order valence-electron chi connectivity index (χ1n) is 6.84. The summed E-state index contributed by atoms with van der Waals surface area (Å²) in [5.41, 5.74) is 2.03. The van der Waals surface area contributed by atoms with E-state index in [2.05, 4.69) is 10.6 Å². The molecule has 6 nitrogen and oxygen atoms in total. The summed E-state index contributed by atoms with van der Waals surface area (Å²) in [6, 6.07) is 5.10. The highest BCUT2D eigenvalue weighted by Gasteiger charge is 2.28. The van der Waals surface area contributed by atoms with Gasteiger partial charge >= 0.3 is 0 Å². The lowest BCUT2D eigenvalue weighted by atomic mass is 10.1. The number of amides is 2. The molecule has 1 saturated heterocycles. The molecule has 0 spiro atoms. The lowest BCUT2D eigenvalue weighted by Gasteiger charge is -2.10. The van der Waals surface area contributed by atoms with Crippen LogP contribution in [0.4, 0.5) is 5.69 Å². The van der Waals surface area contributed by atoms with Crippen LogP contribution in [0.15, 0.2) is 18.2 Å². The van der Waals surface area contributed by atoms with Gasteiger partial charge in [0.2, 0.25) is 5.91 Å². The molecule has 0 saturated carbocycles. The number of rotatable bonds is 3. The molecule has 2 aliphatic rings. The fourth-order valence-corrected chi connectivity index (χ4v) is 4.59. The molecule has 3 rings (SSSR count). The highest BCUT2D eigenvalue weighted by molar-refractivity contribution is 7.91. The topological polar surface area (TPSA) is 92.3 Å². The maximum absolute atomic E-state index is 12.1. The molecule has 1 aromatic carbocycles. The van der Waals surface area contributed by atoms with E-state index in [0.717, 1.165) is 5.56 Å². The maximum atomic E-state index is 12.1. The minimum Gasteiger partial charge on any atom is -0.352 e. The van der Waals surface area contributed by atoms with Crippen molar-refractivity contribution in [2.45, 2.75) is 12.8 Å². The third-order valence-electron chi connectivity index (χ3n) is 3.88. The largest absolute Gasteiger partial charge is 0.352 e. The van der Waals surface area contributed by atoms with Crippen molar-refractivity contribution in [1.82, 2.24) is 5.32 Å². The van der Waals surface area contributed by atoms with Crippen LogP contribution >= 0.6 is 0 Å². The van der Waals surface area contributed by atoms with Gasteiger partial charge < -0.3 is 10.6 Å². The summed E-state index contributed by atoms with van der Waals surface area (Å²) >= 11 is 0. The molecule has 0 bridgehead atoms. The average Bonchev–Trinajstić information content (AvgIpc) is 2.96. The Morgan fingerprint density at radius 3 is 2.90 bits per heavy atom. The highest BCUT2D eigenvalue weighted by atomic mass is 32.2. The molecule has 0 aromatic heterocycles. The molecule has 1 atom stereocenters. The number of hydrogen-bond acceptors (Lipinski definition) is 4. The van der Waals surface area contributed by atoms with Gasteiger partial charge in [-0.25, -0.2) is 8.42 Å². The second-order valence-corrected chi connectivity index (χ2v) is 7.80. The van der Waals surface area contributed by atoms with Crippen LogP contribution in [0.1, 0.15) is 22.3 Å². The molecule has 112 valence electrons. The summed E-state index contributed by atoms with van der Waals surface area (Å²) in [7, 11) is -2.92. The predicted molar refractivity (Wildman–Crippen MR) is 77.9 cm³/mol. The van der Waals surface area contributed by atoms with Crippen LogP contribution in [-0.2, 0) is 21.1 Å². The van der Waals surface area contributed by atoms with Crippen molar-refractivity contribution in [3.63, 3.8) is 0 Å². The van der Waals surface area contributed by atoms with Crippen molar-refractivity contribution in [1.29, 1.82) is 0 Å². The Morgan fingerprint density at radius 2 is 2.19 bits per heavy atom. The lowest BCUT2D eigenvalue weighted by Crippen LogP contribution is -2.29. The summed E-state index contributed by atoms with van der Waals surface area (Å²) in [4.78, 5) is 23.3. The molecule has 7 heteroatoms. The van der Waals surface area contributed by atoms with E-state index in [1.807, 2.05) is 0 Å². The van der Waals surface area contributed by atoms with Gasteiger partial charge in [-0.05, 0) is 30.0 Å². The van der Waals surface area contributed by atoms with E-state index in [1.165, 1.54) is 0 Å². The smallest absolute Gasteiger partial charge is 0.251 e. The van der Waals surface area contributed by atoms with E-state index >= 15 is 0 Å². The van der Waals surface area contributed by atoms with Gasteiger partial charge in [0.1, 0.15) is 0 Å². The second kappa shape index (κ2) is 5.14. The zero-order chi connectivity index (χ0) is 15.0. The minimum atomic E-state index is -2.92. The first kappa shape index (κ1) is 14.1. The Kier molecular flexibility index (Phi) is 3.44. The van der Waals surface area contributed by atoms with Crippen molar-refractivity contribution < 1.29 is 18.0 Å². The van der Waals surface area contributed by atoms with Crippen LogP contribution in [0.5, 0.6) is 0 Å². The summed E-state index contributed by atoms with van der Waals surface area (Å²) in [6.45, 7) is 0.363. The Bertz CT molecular complexity index is 712. The van der Waals surface area contributed by atoms with Crippen LogP contribution in [0, 0.1) is 5.92 Å². The number of carbonyl (C=O) groups is 2. The highest BCUT2D eigenvalue weighted by Crippen LogP contribution is 2.24. The Hall–Kier alpha value is -1.89. The van der Waals surface area contributed by atoms with Gasteiger partial charge in [-0.2, -0.15) is 0 Å². The molecular formula is C14H16N2O4S. The maximum Gasteiger partial charge on any atom is 0.251 e. The predicted octanol–water partition coefficient (Wildman–Crippen LogP) is 0.346. The van der Waals surface area contributed by atoms with E-state index in [-0.39, 0.29) is 29.2 Å². The number of fused-ring (bicyclic) bond motifs is 1. The zero-order valence-electron chi connectivity index (χ0n) is 11.4. The first-order chi connectivity index (χ1) is 9.93. The van der Waals surface area contributed by atoms with Crippen LogP contribution in [0.25, 0.3) is 0 Å². The number of anilines is 1. The average molecular weight is 308 g/mol. The van der Waals surface area contributed by atoms with Crippen molar-refractivity contribution in [3.8, 4) is 0 Å². The van der Waals surface area contributed by atoms with Gasteiger partial charge in [0.05, 0.1) is 17.9 Å². The lowest BCUT2D eigenvalue weighted by molar-refractivity contribution is -0.115. The third kappa shape index (κ3) is 3.07. The molecule has 1 fully saturated rings. The SMILES string of the molecule is O=C1Cc2ccc(C(=O)NCC3CCS(=O)(=O)C3)cc2N1. The number of benzene rings is 1. The third-order valence-corrected chi connectivity index (χ3v) is 5.71. The van der Waals surface area contributed by atoms with Gasteiger partial charge in [0.25, 0.3) is 5.91 Å². The molecule has 21 heavy (non-hydrogen) atoms. The molecule has 1 aromatic rings. The molecular weight excluding hydrogens is 292 g/mol. The van der Waals surface area contributed by atoms with E-state index in [1.54, 1.807) is 18.2 Å². The van der Waals surface area contributed by atoms with Crippen molar-refractivity contribution in [3.05, 3.63) is 29.3 Å². The molecule has 2 amide bonds. The van der Waals surface area contributed by atoms with Gasteiger partial charge in [0.15, 0.2) is 9.84 Å². The summed E-state index contributed by atoms with van der Waals surface area (Å²) in [6.07, 6.45) is 0.944. The van der Waals surface area contributed by atoms with Crippen LogP contribution < -0.4 is 10.6 Å². The molecule has 2 N–H and O–H groups in total. The monoisotopic (exact) mass is 308 g/mol. The standard InChI is InChI=1S/C14H16N2O4S/c17-13-6-10-1-2-11(5-12(10)16-13)14(18)15-7-9-3-4-21(19,20)8-9/h1-2,5,9H,3-4,6-8H2,(H,15,18)(H,16,17). The zero-order valence-corrected chi connectivity index (χ0v) is 12.2. The molecule has 1 unspecified atom stereocenters. The number of nitrogens with one attached hydrogen (secondary N) is 2. The summed E-state index contributed by atoms with van der Waals surface area (Å²) in [5.74, 6) is 0.0291. The van der Waals surface area contributed by atoms with Crippen molar-refractivity contribution in [2.75, 3.05) is 23.4 Å². The van der Waals surface area contributed by atoms with Crippen LogP contribution in [0.2, 0.25) is 0 Å². The first-order valence-corrected chi connectivity index (χ1v) is 8.66. The minimum absolute atomic E-state index is 0.00641. The van der Waals surface area contributed by atoms with E-state index < -0.39 is 9.84 Å². The Labute approximate surface area is 122 Å².